The lowest BCUT2D eigenvalue weighted by Gasteiger charge is -2.14. The molecule has 0 bridgehead atoms. The third kappa shape index (κ3) is 6.96. The van der Waals surface area contributed by atoms with Crippen molar-refractivity contribution in [2.24, 2.45) is 10.2 Å². The molecule has 0 aromatic heterocycles. The van der Waals surface area contributed by atoms with E-state index in [0.29, 0.717) is 11.1 Å². The van der Waals surface area contributed by atoms with Gasteiger partial charge in [0.25, 0.3) is 11.8 Å². The van der Waals surface area contributed by atoms with Crippen LogP contribution in [0.5, 0.6) is 11.5 Å². The molecule has 0 aliphatic rings. The van der Waals surface area contributed by atoms with Gasteiger partial charge in [0.05, 0.1) is 22.9 Å². The highest BCUT2D eigenvalue weighted by atomic mass is 32.2. The molecule has 0 saturated heterocycles. The minimum absolute atomic E-state index is 0.0580. The maximum absolute atomic E-state index is 12.1. The number of amides is 2. The largest absolute Gasteiger partial charge is 0.507 e. The van der Waals surface area contributed by atoms with Crippen LogP contribution in [-0.4, -0.2) is 45.0 Å². The Bertz CT molecular complexity index is 843. The first kappa shape index (κ1) is 22.0. The second-order valence-electron chi connectivity index (χ2n) is 6.01. The molecular weight excluding hydrogens is 392 g/mol. The summed E-state index contributed by atoms with van der Waals surface area (Å²) in [4.78, 5) is 24.2. The van der Waals surface area contributed by atoms with Crippen LogP contribution in [0.2, 0.25) is 0 Å². The maximum atomic E-state index is 12.1. The van der Waals surface area contributed by atoms with Gasteiger partial charge in [0, 0.05) is 11.1 Å². The third-order valence-electron chi connectivity index (χ3n) is 3.78. The number of nitrogens with one attached hydrogen (secondary N) is 2. The standard InChI is InChI=1S/C20H22N4O4S/c1-13(19(27)23-21-11-15-7-3-5-9-17(15)25)29-14(2)20(28)24-22-12-16-8-4-6-10-18(16)26/h3-14,25-26H,1-2H3,(H,23,27)(H,24,28)/b21-11+,22-12+. The Morgan fingerprint density at radius 3 is 1.59 bits per heavy atom. The average molecular weight is 414 g/mol. The second kappa shape index (κ2) is 10.9. The highest BCUT2D eigenvalue weighted by Crippen LogP contribution is 2.18. The van der Waals surface area contributed by atoms with Gasteiger partial charge in [0.1, 0.15) is 11.5 Å². The van der Waals surface area contributed by atoms with Crippen molar-refractivity contribution in [3.63, 3.8) is 0 Å². The summed E-state index contributed by atoms with van der Waals surface area (Å²) in [5.74, 6) is -0.636. The van der Waals surface area contributed by atoms with Gasteiger partial charge >= 0.3 is 0 Å². The molecule has 0 radical (unpaired) electrons. The first-order chi connectivity index (χ1) is 13.9. The van der Waals surface area contributed by atoms with Crippen LogP contribution in [0.4, 0.5) is 0 Å². The number of nitrogens with zero attached hydrogens (tertiary/aromatic N) is 2. The van der Waals surface area contributed by atoms with Crippen molar-refractivity contribution in [2.75, 3.05) is 0 Å². The van der Waals surface area contributed by atoms with Crippen molar-refractivity contribution < 1.29 is 19.8 Å². The number of hydrazone groups is 2. The van der Waals surface area contributed by atoms with Gasteiger partial charge in [-0.1, -0.05) is 24.3 Å². The Labute approximate surface area is 172 Å². The van der Waals surface area contributed by atoms with Crippen LogP contribution in [0.1, 0.15) is 25.0 Å². The van der Waals surface area contributed by atoms with E-state index in [0.717, 1.165) is 11.8 Å². The summed E-state index contributed by atoms with van der Waals surface area (Å²) in [6.45, 7) is 3.31. The lowest BCUT2D eigenvalue weighted by molar-refractivity contribution is -0.120. The molecule has 9 heteroatoms. The van der Waals surface area contributed by atoms with Crippen LogP contribution >= 0.6 is 11.8 Å². The van der Waals surface area contributed by atoms with Crippen LogP contribution in [0.25, 0.3) is 0 Å². The summed E-state index contributed by atoms with van der Waals surface area (Å²) < 4.78 is 0. The Morgan fingerprint density at radius 2 is 1.21 bits per heavy atom. The lowest BCUT2D eigenvalue weighted by Crippen LogP contribution is -2.33. The van der Waals surface area contributed by atoms with Gasteiger partial charge < -0.3 is 10.2 Å². The van der Waals surface area contributed by atoms with Crippen LogP contribution in [0.15, 0.2) is 58.7 Å². The first-order valence-electron chi connectivity index (χ1n) is 8.75. The number of carbonyl (C=O) groups excluding carboxylic acids is 2. The Kier molecular flexibility index (Phi) is 8.23. The number of aromatic hydroxyl groups is 2. The zero-order chi connectivity index (χ0) is 21.2. The predicted molar refractivity (Wildman–Crippen MR) is 114 cm³/mol. The Hall–Kier alpha value is -3.33. The normalized spacial score (nSPS) is 13.3. The van der Waals surface area contributed by atoms with Gasteiger partial charge in [0.2, 0.25) is 0 Å². The van der Waals surface area contributed by atoms with Crippen LogP contribution in [-0.2, 0) is 9.59 Å². The topological polar surface area (TPSA) is 123 Å². The second-order valence-corrected chi connectivity index (χ2v) is 7.69. The lowest BCUT2D eigenvalue weighted by atomic mass is 10.2. The van der Waals surface area contributed by atoms with E-state index in [9.17, 15) is 19.8 Å². The Morgan fingerprint density at radius 1 is 0.828 bits per heavy atom. The fourth-order valence-electron chi connectivity index (χ4n) is 2.14. The molecule has 0 heterocycles. The summed E-state index contributed by atoms with van der Waals surface area (Å²) in [5.41, 5.74) is 5.72. The predicted octanol–water partition coefficient (Wildman–Crippen LogP) is 2.21. The van der Waals surface area contributed by atoms with E-state index >= 15 is 0 Å². The van der Waals surface area contributed by atoms with E-state index in [1.165, 1.54) is 24.6 Å². The molecule has 152 valence electrons. The number of phenols is 2. The minimum Gasteiger partial charge on any atom is -0.507 e. The quantitative estimate of drug-likeness (QED) is 0.390. The van der Waals surface area contributed by atoms with Crippen molar-refractivity contribution >= 4 is 36.0 Å². The van der Waals surface area contributed by atoms with E-state index < -0.39 is 10.5 Å². The molecule has 2 aromatic rings. The smallest absolute Gasteiger partial charge is 0.252 e. The molecule has 2 aromatic carbocycles. The van der Waals surface area contributed by atoms with Crippen LogP contribution < -0.4 is 10.9 Å². The number of thioether (sulfide) groups is 1. The van der Waals surface area contributed by atoms with Gasteiger partial charge in [-0.25, -0.2) is 10.9 Å². The number of hydrogen-bond donors (Lipinski definition) is 4. The number of phenolic OH excluding ortho intramolecular Hbond substituents is 2. The van der Waals surface area contributed by atoms with Gasteiger partial charge in [0.15, 0.2) is 0 Å². The molecule has 2 amide bonds. The Balaban J connectivity index is 1.80. The van der Waals surface area contributed by atoms with Crippen molar-refractivity contribution in [1.29, 1.82) is 0 Å². The third-order valence-corrected chi connectivity index (χ3v) is 5.02. The van der Waals surface area contributed by atoms with Crippen molar-refractivity contribution in [3.8, 4) is 11.5 Å². The van der Waals surface area contributed by atoms with Gasteiger partial charge in [-0.2, -0.15) is 10.2 Å². The fraction of sp³-hybridized carbons (Fsp3) is 0.200. The van der Waals surface area contributed by atoms with Crippen molar-refractivity contribution in [1.82, 2.24) is 10.9 Å². The first-order valence-corrected chi connectivity index (χ1v) is 9.70. The SMILES string of the molecule is CC(SC(C)C(=O)N/N=C/c1ccccc1O)C(=O)N/N=C/c1ccccc1O. The van der Waals surface area contributed by atoms with E-state index in [1.54, 1.807) is 50.2 Å². The molecule has 2 atom stereocenters. The number of para-hydroxylation sites is 2. The number of rotatable bonds is 8. The summed E-state index contributed by atoms with van der Waals surface area (Å²) in [7, 11) is 0. The van der Waals surface area contributed by atoms with Gasteiger partial charge in [-0.05, 0) is 38.1 Å². The minimum atomic E-state index is -0.542. The van der Waals surface area contributed by atoms with Gasteiger partial charge in [-0.3, -0.25) is 9.59 Å². The summed E-state index contributed by atoms with van der Waals surface area (Å²) in [6.07, 6.45) is 2.68. The van der Waals surface area contributed by atoms with E-state index in [-0.39, 0.29) is 23.3 Å². The number of carbonyl (C=O) groups is 2. The molecule has 2 unspecified atom stereocenters. The molecule has 0 saturated carbocycles. The van der Waals surface area contributed by atoms with E-state index in [1.807, 2.05) is 0 Å². The molecule has 29 heavy (non-hydrogen) atoms. The highest BCUT2D eigenvalue weighted by molar-refractivity contribution is 8.01. The molecular formula is C20H22N4O4S. The van der Waals surface area contributed by atoms with Crippen LogP contribution in [0.3, 0.4) is 0 Å². The van der Waals surface area contributed by atoms with E-state index in [2.05, 4.69) is 21.1 Å². The summed E-state index contributed by atoms with van der Waals surface area (Å²) >= 11 is 1.14. The molecule has 4 N–H and O–H groups in total. The monoisotopic (exact) mass is 414 g/mol. The zero-order valence-corrected chi connectivity index (χ0v) is 16.8. The average Bonchev–Trinajstić information content (AvgIpc) is 2.70. The summed E-state index contributed by atoms with van der Waals surface area (Å²) in [6, 6.07) is 13.2. The molecule has 0 aliphatic carbocycles. The van der Waals surface area contributed by atoms with Crippen molar-refractivity contribution in [3.05, 3.63) is 59.7 Å². The maximum Gasteiger partial charge on any atom is 0.252 e. The molecule has 0 spiro atoms. The number of hydrogen-bond acceptors (Lipinski definition) is 7. The van der Waals surface area contributed by atoms with Gasteiger partial charge in [-0.15, -0.1) is 11.8 Å². The van der Waals surface area contributed by atoms with E-state index in [4.69, 9.17) is 0 Å². The number of benzene rings is 2. The molecule has 2 rings (SSSR count). The zero-order valence-electron chi connectivity index (χ0n) is 15.9. The fourth-order valence-corrected chi connectivity index (χ4v) is 3.10. The highest BCUT2D eigenvalue weighted by Gasteiger charge is 2.21. The molecule has 0 aliphatic heterocycles. The van der Waals surface area contributed by atoms with Crippen LogP contribution in [0, 0.1) is 0 Å². The summed E-state index contributed by atoms with van der Waals surface area (Å²) in [5, 5.41) is 25.9. The van der Waals surface area contributed by atoms with Crippen molar-refractivity contribution in [2.45, 2.75) is 24.3 Å². The molecule has 8 nitrogen and oxygen atoms in total. The molecule has 0 fully saturated rings.